The van der Waals surface area contributed by atoms with Gasteiger partial charge in [-0.2, -0.15) is 0 Å². The van der Waals surface area contributed by atoms with Crippen molar-refractivity contribution in [3.05, 3.63) is 58.1 Å². The molecule has 3 atom stereocenters. The Morgan fingerprint density at radius 1 is 1.15 bits per heavy atom. The number of halogens is 2. The lowest BCUT2D eigenvalue weighted by Crippen LogP contribution is -2.38. The lowest BCUT2D eigenvalue weighted by Gasteiger charge is -2.19. The fourth-order valence-corrected chi connectivity index (χ4v) is 3.47. The molecular formula is C21H25Cl2NO3. The highest BCUT2D eigenvalue weighted by Gasteiger charge is 2.31. The van der Waals surface area contributed by atoms with E-state index in [1.54, 1.807) is 18.2 Å². The number of nitrogens with one attached hydrogen (secondary N) is 1. The Labute approximate surface area is 170 Å². The van der Waals surface area contributed by atoms with Crippen molar-refractivity contribution in [3.8, 4) is 11.5 Å². The van der Waals surface area contributed by atoms with Crippen LogP contribution in [0.3, 0.4) is 0 Å². The molecule has 0 bridgehead atoms. The minimum absolute atomic E-state index is 0.0179. The van der Waals surface area contributed by atoms with E-state index in [0.29, 0.717) is 34.7 Å². The van der Waals surface area contributed by atoms with Crippen LogP contribution in [0, 0.1) is 0 Å². The molecule has 0 amide bonds. The van der Waals surface area contributed by atoms with Gasteiger partial charge in [0.2, 0.25) is 0 Å². The first-order valence-electron chi connectivity index (χ1n) is 9.19. The first kappa shape index (κ1) is 20.3. The third-order valence-electron chi connectivity index (χ3n) is 4.76. The zero-order chi connectivity index (χ0) is 19.4. The first-order valence-corrected chi connectivity index (χ1v) is 9.94. The van der Waals surface area contributed by atoms with Gasteiger partial charge < -0.3 is 19.9 Å². The smallest absolute Gasteiger partial charge is 0.139 e. The highest BCUT2D eigenvalue weighted by atomic mass is 35.5. The topological polar surface area (TPSA) is 50.7 Å². The Morgan fingerprint density at radius 2 is 1.89 bits per heavy atom. The Bertz CT molecular complexity index is 752. The average Bonchev–Trinajstić information content (AvgIpc) is 3.12. The third-order valence-corrected chi connectivity index (χ3v) is 5.57. The SMILES string of the molecule is CC(C)c1ccc(O[C@@H]2CNC(C(O)COc3cccc(Cl)c3Cl)C2)cc1. The molecule has 1 saturated heterocycles. The van der Waals surface area contributed by atoms with Crippen LogP contribution in [0.2, 0.25) is 10.0 Å². The van der Waals surface area contributed by atoms with E-state index in [4.69, 9.17) is 32.7 Å². The second-order valence-corrected chi connectivity index (χ2v) is 7.93. The Morgan fingerprint density at radius 3 is 2.59 bits per heavy atom. The summed E-state index contributed by atoms with van der Waals surface area (Å²) >= 11 is 12.1. The molecule has 1 heterocycles. The van der Waals surface area contributed by atoms with Gasteiger partial charge in [0, 0.05) is 19.0 Å². The highest BCUT2D eigenvalue weighted by molar-refractivity contribution is 6.42. The normalized spacial score (nSPS) is 20.7. The molecule has 1 aliphatic rings. The number of benzene rings is 2. The Balaban J connectivity index is 1.49. The van der Waals surface area contributed by atoms with Gasteiger partial charge in [0.1, 0.15) is 35.3 Å². The van der Waals surface area contributed by atoms with Crippen molar-refractivity contribution in [3.63, 3.8) is 0 Å². The molecule has 0 aliphatic carbocycles. The maximum Gasteiger partial charge on any atom is 0.139 e. The highest BCUT2D eigenvalue weighted by Crippen LogP contribution is 2.31. The summed E-state index contributed by atoms with van der Waals surface area (Å²) in [5.74, 6) is 1.82. The molecule has 1 fully saturated rings. The van der Waals surface area contributed by atoms with Crippen molar-refractivity contribution in [2.45, 2.75) is 44.4 Å². The summed E-state index contributed by atoms with van der Waals surface area (Å²) in [7, 11) is 0. The van der Waals surface area contributed by atoms with Crippen LogP contribution in [-0.2, 0) is 0 Å². The number of hydrogen-bond donors (Lipinski definition) is 2. The molecule has 0 aromatic heterocycles. The van der Waals surface area contributed by atoms with Crippen molar-refractivity contribution >= 4 is 23.2 Å². The first-order chi connectivity index (χ1) is 12.9. The standard InChI is InChI=1S/C21H25Cl2NO3/c1-13(2)14-6-8-15(9-7-14)27-16-10-18(24-11-16)19(25)12-26-20-5-3-4-17(22)21(20)23/h3-9,13,16,18-19,24-25H,10-12H2,1-2H3/t16-,18?,19?/m0/s1. The Kier molecular flexibility index (Phi) is 6.88. The summed E-state index contributed by atoms with van der Waals surface area (Å²) < 4.78 is 11.7. The molecule has 2 aromatic rings. The van der Waals surface area contributed by atoms with Gasteiger partial charge in [-0.1, -0.05) is 55.2 Å². The predicted molar refractivity (Wildman–Crippen MR) is 109 cm³/mol. The lowest BCUT2D eigenvalue weighted by molar-refractivity contribution is 0.0756. The zero-order valence-electron chi connectivity index (χ0n) is 15.5. The van der Waals surface area contributed by atoms with E-state index in [9.17, 15) is 5.11 Å². The van der Waals surface area contributed by atoms with Crippen molar-refractivity contribution in [1.29, 1.82) is 0 Å². The summed E-state index contributed by atoms with van der Waals surface area (Å²) in [6.45, 7) is 5.15. The summed E-state index contributed by atoms with van der Waals surface area (Å²) in [5.41, 5.74) is 1.29. The number of aliphatic hydroxyl groups is 1. The van der Waals surface area contributed by atoms with Crippen LogP contribution in [0.15, 0.2) is 42.5 Å². The quantitative estimate of drug-likeness (QED) is 0.697. The van der Waals surface area contributed by atoms with Gasteiger partial charge in [0.15, 0.2) is 0 Å². The van der Waals surface area contributed by atoms with E-state index in [-0.39, 0.29) is 18.8 Å². The molecular weight excluding hydrogens is 385 g/mol. The van der Waals surface area contributed by atoms with Crippen molar-refractivity contribution in [1.82, 2.24) is 5.32 Å². The predicted octanol–water partition coefficient (Wildman–Crippen LogP) is 4.67. The Hall–Kier alpha value is -1.46. The maximum atomic E-state index is 10.4. The maximum absolute atomic E-state index is 10.4. The third kappa shape index (κ3) is 5.29. The van der Waals surface area contributed by atoms with Crippen LogP contribution in [0.1, 0.15) is 31.7 Å². The summed E-state index contributed by atoms with van der Waals surface area (Å²) in [5, 5.41) is 14.5. The van der Waals surface area contributed by atoms with Crippen LogP contribution in [0.25, 0.3) is 0 Å². The van der Waals surface area contributed by atoms with Crippen molar-refractivity contribution in [2.75, 3.05) is 13.2 Å². The van der Waals surface area contributed by atoms with Crippen LogP contribution in [0.5, 0.6) is 11.5 Å². The van der Waals surface area contributed by atoms with Gasteiger partial charge in [-0.15, -0.1) is 0 Å². The number of ether oxygens (including phenoxy) is 2. The van der Waals surface area contributed by atoms with E-state index in [2.05, 4.69) is 31.3 Å². The van der Waals surface area contributed by atoms with Gasteiger partial charge in [0.05, 0.1) is 5.02 Å². The lowest BCUT2D eigenvalue weighted by atomic mass is 10.0. The van der Waals surface area contributed by atoms with Gasteiger partial charge >= 0.3 is 0 Å². The second-order valence-electron chi connectivity index (χ2n) is 7.14. The van der Waals surface area contributed by atoms with Crippen LogP contribution < -0.4 is 14.8 Å². The molecule has 146 valence electrons. The average molecular weight is 410 g/mol. The summed E-state index contributed by atoms with van der Waals surface area (Å²) in [6, 6.07) is 13.3. The van der Waals surface area contributed by atoms with E-state index in [1.165, 1.54) is 5.56 Å². The second kappa shape index (κ2) is 9.16. The van der Waals surface area contributed by atoms with E-state index in [0.717, 1.165) is 5.75 Å². The van der Waals surface area contributed by atoms with E-state index in [1.807, 2.05) is 12.1 Å². The monoisotopic (exact) mass is 409 g/mol. The van der Waals surface area contributed by atoms with Gasteiger partial charge in [0.25, 0.3) is 0 Å². The van der Waals surface area contributed by atoms with Crippen LogP contribution in [0.4, 0.5) is 0 Å². The fourth-order valence-electron chi connectivity index (χ4n) is 3.13. The molecule has 4 nitrogen and oxygen atoms in total. The van der Waals surface area contributed by atoms with Crippen LogP contribution in [-0.4, -0.2) is 36.5 Å². The molecule has 6 heteroatoms. The minimum Gasteiger partial charge on any atom is -0.489 e. The molecule has 2 N–H and O–H groups in total. The van der Waals surface area contributed by atoms with Crippen LogP contribution >= 0.6 is 23.2 Å². The van der Waals surface area contributed by atoms with E-state index < -0.39 is 6.10 Å². The molecule has 0 spiro atoms. The summed E-state index contributed by atoms with van der Waals surface area (Å²) in [6.07, 6.45) is 0.0565. The molecule has 0 saturated carbocycles. The van der Waals surface area contributed by atoms with E-state index >= 15 is 0 Å². The summed E-state index contributed by atoms with van der Waals surface area (Å²) in [4.78, 5) is 0. The van der Waals surface area contributed by atoms with Gasteiger partial charge in [-0.05, 0) is 35.7 Å². The molecule has 1 aliphatic heterocycles. The molecule has 27 heavy (non-hydrogen) atoms. The number of aliphatic hydroxyl groups excluding tert-OH is 1. The molecule has 2 unspecified atom stereocenters. The van der Waals surface area contributed by atoms with Gasteiger partial charge in [-0.3, -0.25) is 0 Å². The molecule has 3 rings (SSSR count). The molecule has 0 radical (unpaired) electrons. The van der Waals surface area contributed by atoms with Crippen molar-refractivity contribution in [2.24, 2.45) is 0 Å². The minimum atomic E-state index is -0.669. The zero-order valence-corrected chi connectivity index (χ0v) is 17.0. The number of rotatable bonds is 7. The van der Waals surface area contributed by atoms with Gasteiger partial charge in [-0.25, -0.2) is 0 Å². The fraction of sp³-hybridized carbons (Fsp3) is 0.429. The largest absolute Gasteiger partial charge is 0.489 e. The molecule has 2 aromatic carbocycles. The number of hydrogen-bond acceptors (Lipinski definition) is 4. The van der Waals surface area contributed by atoms with Crippen molar-refractivity contribution < 1.29 is 14.6 Å².